The predicted octanol–water partition coefficient (Wildman–Crippen LogP) is 3.94. The van der Waals surface area contributed by atoms with Crippen LogP contribution in [0, 0.1) is 0 Å². The summed E-state index contributed by atoms with van der Waals surface area (Å²) >= 11 is 7.63. The highest BCUT2D eigenvalue weighted by Crippen LogP contribution is 2.22. The Morgan fingerprint density at radius 2 is 2.00 bits per heavy atom. The minimum Gasteiger partial charge on any atom is -0.410 e. The van der Waals surface area contributed by atoms with E-state index in [1.165, 1.54) is 0 Å². The SMILES string of the molecule is CCN(CC)CCCS/C(=N/O)c1ccccc1Cl. The maximum Gasteiger partial charge on any atom is 0.144 e. The molecule has 5 heteroatoms. The van der Waals surface area contributed by atoms with Crippen LogP contribution in [0.4, 0.5) is 0 Å². The van der Waals surface area contributed by atoms with Crippen LogP contribution in [0.15, 0.2) is 29.4 Å². The minimum absolute atomic E-state index is 0.588. The molecule has 0 aliphatic rings. The molecule has 0 aliphatic carbocycles. The highest BCUT2D eigenvalue weighted by molar-refractivity contribution is 8.14. The summed E-state index contributed by atoms with van der Waals surface area (Å²) in [5.74, 6) is 0.918. The van der Waals surface area contributed by atoms with Crippen molar-refractivity contribution < 1.29 is 5.21 Å². The van der Waals surface area contributed by atoms with E-state index in [4.69, 9.17) is 16.8 Å². The van der Waals surface area contributed by atoms with Gasteiger partial charge in [0.25, 0.3) is 0 Å². The summed E-state index contributed by atoms with van der Waals surface area (Å²) < 4.78 is 0. The lowest BCUT2D eigenvalue weighted by atomic mass is 10.2. The first kappa shape index (κ1) is 16.3. The molecular weight excluding hydrogens is 280 g/mol. The number of hydrogen-bond acceptors (Lipinski definition) is 4. The van der Waals surface area contributed by atoms with Crippen molar-refractivity contribution in [2.45, 2.75) is 20.3 Å². The average molecular weight is 301 g/mol. The van der Waals surface area contributed by atoms with Crippen LogP contribution in [0.5, 0.6) is 0 Å². The van der Waals surface area contributed by atoms with Gasteiger partial charge in [-0.15, -0.1) is 11.8 Å². The molecule has 0 amide bonds. The molecule has 0 aliphatic heterocycles. The number of rotatable bonds is 7. The monoisotopic (exact) mass is 300 g/mol. The number of thioether (sulfide) groups is 1. The molecule has 1 aromatic rings. The van der Waals surface area contributed by atoms with Crippen molar-refractivity contribution in [3.05, 3.63) is 34.9 Å². The minimum atomic E-state index is 0.588. The van der Waals surface area contributed by atoms with Crippen molar-refractivity contribution in [1.29, 1.82) is 0 Å². The van der Waals surface area contributed by atoms with Crippen molar-refractivity contribution >= 4 is 28.4 Å². The second-order valence-electron chi connectivity index (χ2n) is 4.11. The largest absolute Gasteiger partial charge is 0.410 e. The third-order valence-corrected chi connectivity index (χ3v) is 4.34. The normalized spacial score (nSPS) is 12.1. The van der Waals surface area contributed by atoms with Crippen molar-refractivity contribution in [2.75, 3.05) is 25.4 Å². The van der Waals surface area contributed by atoms with Crippen LogP contribution in [-0.2, 0) is 0 Å². The second kappa shape index (κ2) is 9.23. The van der Waals surface area contributed by atoms with Crippen molar-refractivity contribution in [3.8, 4) is 0 Å². The fourth-order valence-electron chi connectivity index (χ4n) is 1.79. The molecule has 0 unspecified atom stereocenters. The molecule has 0 saturated heterocycles. The Morgan fingerprint density at radius 1 is 1.32 bits per heavy atom. The van der Waals surface area contributed by atoms with E-state index in [2.05, 4.69) is 23.9 Å². The Labute approximate surface area is 124 Å². The van der Waals surface area contributed by atoms with Gasteiger partial charge in [-0.2, -0.15) is 0 Å². The van der Waals surface area contributed by atoms with E-state index >= 15 is 0 Å². The molecule has 1 aromatic carbocycles. The van der Waals surface area contributed by atoms with Gasteiger partial charge in [0.2, 0.25) is 0 Å². The smallest absolute Gasteiger partial charge is 0.144 e. The summed E-state index contributed by atoms with van der Waals surface area (Å²) in [5.41, 5.74) is 0.791. The quantitative estimate of drug-likeness (QED) is 0.272. The zero-order valence-corrected chi connectivity index (χ0v) is 13.0. The molecule has 0 bridgehead atoms. The summed E-state index contributed by atoms with van der Waals surface area (Å²) in [6.45, 7) is 7.56. The van der Waals surface area contributed by atoms with Crippen LogP contribution < -0.4 is 0 Å². The zero-order valence-electron chi connectivity index (χ0n) is 11.5. The first-order chi connectivity index (χ1) is 9.22. The first-order valence-corrected chi connectivity index (χ1v) is 7.91. The van der Waals surface area contributed by atoms with Gasteiger partial charge in [-0.3, -0.25) is 0 Å². The van der Waals surface area contributed by atoms with Gasteiger partial charge < -0.3 is 10.1 Å². The fraction of sp³-hybridized carbons (Fsp3) is 0.500. The maximum atomic E-state index is 9.10. The van der Waals surface area contributed by atoms with E-state index in [1.807, 2.05) is 18.2 Å². The highest BCUT2D eigenvalue weighted by Gasteiger charge is 2.09. The van der Waals surface area contributed by atoms with Gasteiger partial charge in [0, 0.05) is 11.3 Å². The van der Waals surface area contributed by atoms with Gasteiger partial charge in [0.15, 0.2) is 0 Å². The van der Waals surface area contributed by atoms with Gasteiger partial charge in [0.05, 0.1) is 5.02 Å². The third kappa shape index (κ3) is 5.43. The molecule has 0 radical (unpaired) electrons. The topological polar surface area (TPSA) is 35.8 Å². The van der Waals surface area contributed by atoms with E-state index in [-0.39, 0.29) is 0 Å². The molecule has 0 spiro atoms. The van der Waals surface area contributed by atoms with E-state index in [0.29, 0.717) is 10.1 Å². The lowest BCUT2D eigenvalue weighted by Crippen LogP contribution is -2.24. The summed E-state index contributed by atoms with van der Waals surface area (Å²) in [6, 6.07) is 7.43. The van der Waals surface area contributed by atoms with Crippen LogP contribution in [0.2, 0.25) is 5.02 Å². The van der Waals surface area contributed by atoms with Crippen molar-refractivity contribution in [3.63, 3.8) is 0 Å². The van der Waals surface area contributed by atoms with Crippen molar-refractivity contribution in [2.24, 2.45) is 5.16 Å². The predicted molar refractivity (Wildman–Crippen MR) is 84.6 cm³/mol. The molecule has 3 nitrogen and oxygen atoms in total. The second-order valence-corrected chi connectivity index (χ2v) is 5.60. The van der Waals surface area contributed by atoms with Crippen LogP contribution in [0.25, 0.3) is 0 Å². The number of nitrogens with zero attached hydrogens (tertiary/aromatic N) is 2. The molecule has 19 heavy (non-hydrogen) atoms. The van der Waals surface area contributed by atoms with Gasteiger partial charge >= 0.3 is 0 Å². The average Bonchev–Trinajstić information content (AvgIpc) is 2.44. The number of benzene rings is 1. The highest BCUT2D eigenvalue weighted by atomic mass is 35.5. The van der Waals surface area contributed by atoms with Gasteiger partial charge in [0.1, 0.15) is 5.04 Å². The lowest BCUT2D eigenvalue weighted by molar-refractivity contribution is 0.305. The molecule has 0 aromatic heterocycles. The summed E-state index contributed by atoms with van der Waals surface area (Å²) in [5, 5.41) is 13.7. The summed E-state index contributed by atoms with van der Waals surface area (Å²) in [7, 11) is 0. The standard InChI is InChI=1S/C14H21ClN2OS/c1-3-17(4-2)10-7-11-19-14(16-18)12-8-5-6-9-13(12)15/h5-6,8-9,18H,3-4,7,10-11H2,1-2H3/b16-14+. The van der Waals surface area contributed by atoms with Crippen molar-refractivity contribution in [1.82, 2.24) is 4.90 Å². The molecular formula is C14H21ClN2OS. The Kier molecular flexibility index (Phi) is 7.94. The molecule has 0 saturated carbocycles. The molecule has 0 heterocycles. The van der Waals surface area contributed by atoms with E-state index in [9.17, 15) is 0 Å². The Balaban J connectivity index is 2.45. The Morgan fingerprint density at radius 3 is 2.58 bits per heavy atom. The van der Waals surface area contributed by atoms with E-state index < -0.39 is 0 Å². The van der Waals surface area contributed by atoms with Crippen LogP contribution in [-0.4, -0.2) is 40.5 Å². The molecule has 0 atom stereocenters. The number of halogens is 1. The molecule has 0 fully saturated rings. The summed E-state index contributed by atoms with van der Waals surface area (Å²) in [6.07, 6.45) is 1.07. The fourth-order valence-corrected chi connectivity index (χ4v) is 2.93. The van der Waals surface area contributed by atoms with Crippen LogP contribution in [0.3, 0.4) is 0 Å². The summed E-state index contributed by atoms with van der Waals surface area (Å²) in [4.78, 5) is 2.38. The number of oxime groups is 1. The van der Waals surface area contributed by atoms with Gasteiger partial charge in [-0.1, -0.05) is 48.8 Å². The van der Waals surface area contributed by atoms with Gasteiger partial charge in [-0.05, 0) is 32.1 Å². The lowest BCUT2D eigenvalue weighted by Gasteiger charge is -2.17. The van der Waals surface area contributed by atoms with Gasteiger partial charge in [-0.25, -0.2) is 0 Å². The Hall–Kier alpha value is -0.710. The van der Waals surface area contributed by atoms with E-state index in [0.717, 1.165) is 37.4 Å². The Bertz CT molecular complexity index is 408. The molecule has 1 rings (SSSR count). The van der Waals surface area contributed by atoms with Crippen LogP contribution in [0.1, 0.15) is 25.8 Å². The molecule has 1 N–H and O–H groups in total. The van der Waals surface area contributed by atoms with E-state index in [1.54, 1.807) is 17.8 Å². The van der Waals surface area contributed by atoms with Crippen LogP contribution >= 0.6 is 23.4 Å². The molecule has 106 valence electrons. The maximum absolute atomic E-state index is 9.10. The zero-order chi connectivity index (χ0) is 14.1. The first-order valence-electron chi connectivity index (χ1n) is 6.55. The third-order valence-electron chi connectivity index (χ3n) is 2.95. The number of hydrogen-bond donors (Lipinski definition) is 1.